The smallest absolute Gasteiger partial charge is 0.0345 e. The zero-order valence-corrected chi connectivity index (χ0v) is 10.4. The molecule has 1 atom stereocenters. The van der Waals surface area contributed by atoms with Gasteiger partial charge in [0.1, 0.15) is 0 Å². The van der Waals surface area contributed by atoms with Gasteiger partial charge in [-0.1, -0.05) is 30.4 Å². The van der Waals surface area contributed by atoms with Gasteiger partial charge in [-0.05, 0) is 35.7 Å². The second kappa shape index (κ2) is 4.42. The first-order valence-electron chi connectivity index (χ1n) is 4.97. The molecule has 2 rings (SSSR count). The van der Waals surface area contributed by atoms with E-state index in [-0.39, 0.29) is 5.25 Å². The molecule has 0 N–H and O–H groups in total. The monoisotopic (exact) mass is 234 g/mol. The van der Waals surface area contributed by atoms with E-state index >= 15 is 0 Å². The van der Waals surface area contributed by atoms with Crippen molar-refractivity contribution in [3.8, 4) is 0 Å². The zero-order chi connectivity index (χ0) is 10.8. The molecule has 0 saturated heterocycles. The van der Waals surface area contributed by atoms with Crippen LogP contribution in [0.2, 0.25) is 0 Å². The highest BCUT2D eigenvalue weighted by Gasteiger charge is 2.09. The first-order chi connectivity index (χ1) is 7.18. The van der Waals surface area contributed by atoms with Crippen LogP contribution >= 0.6 is 24.0 Å². The summed E-state index contributed by atoms with van der Waals surface area (Å²) in [5.41, 5.74) is 2.52. The van der Waals surface area contributed by atoms with Crippen molar-refractivity contribution in [1.29, 1.82) is 0 Å². The SMILES string of the molecule is C=C(C)C(S)Cc1csc2ccccc12. The Morgan fingerprint density at radius 3 is 2.93 bits per heavy atom. The van der Waals surface area contributed by atoms with Crippen LogP contribution in [-0.4, -0.2) is 5.25 Å². The molecular weight excluding hydrogens is 220 g/mol. The quantitative estimate of drug-likeness (QED) is 0.593. The van der Waals surface area contributed by atoms with Crippen molar-refractivity contribution >= 4 is 34.1 Å². The molecule has 0 fully saturated rings. The van der Waals surface area contributed by atoms with Gasteiger partial charge < -0.3 is 0 Å². The molecule has 1 unspecified atom stereocenters. The van der Waals surface area contributed by atoms with Crippen molar-refractivity contribution < 1.29 is 0 Å². The molecule has 0 nitrogen and oxygen atoms in total. The van der Waals surface area contributed by atoms with Crippen molar-refractivity contribution in [2.24, 2.45) is 0 Å². The van der Waals surface area contributed by atoms with E-state index in [1.54, 1.807) is 11.3 Å². The first-order valence-corrected chi connectivity index (χ1v) is 6.36. The van der Waals surface area contributed by atoms with E-state index in [0.717, 1.165) is 12.0 Å². The maximum atomic E-state index is 4.54. The first kappa shape index (κ1) is 10.8. The number of thiol groups is 1. The fourth-order valence-corrected chi connectivity index (χ4v) is 2.75. The highest BCUT2D eigenvalue weighted by Crippen LogP contribution is 2.28. The molecule has 2 aromatic rings. The summed E-state index contributed by atoms with van der Waals surface area (Å²) in [6.45, 7) is 5.98. The van der Waals surface area contributed by atoms with Crippen LogP contribution in [0.15, 0.2) is 41.8 Å². The highest BCUT2D eigenvalue weighted by molar-refractivity contribution is 7.81. The number of rotatable bonds is 3. The predicted molar refractivity (Wildman–Crippen MR) is 73.1 cm³/mol. The minimum atomic E-state index is 0.267. The molecule has 0 amide bonds. The lowest BCUT2D eigenvalue weighted by molar-refractivity contribution is 0.985. The fraction of sp³-hybridized carbons (Fsp3) is 0.231. The van der Waals surface area contributed by atoms with Gasteiger partial charge in [0, 0.05) is 9.95 Å². The molecule has 0 aliphatic rings. The summed E-state index contributed by atoms with van der Waals surface area (Å²) >= 11 is 6.35. The lowest BCUT2D eigenvalue weighted by Crippen LogP contribution is -2.03. The van der Waals surface area contributed by atoms with Gasteiger partial charge in [0.05, 0.1) is 0 Å². The van der Waals surface area contributed by atoms with Crippen molar-refractivity contribution in [2.75, 3.05) is 0 Å². The maximum absolute atomic E-state index is 4.54. The van der Waals surface area contributed by atoms with Crippen LogP contribution in [0.1, 0.15) is 12.5 Å². The Kier molecular flexibility index (Phi) is 3.17. The highest BCUT2D eigenvalue weighted by atomic mass is 32.1. The predicted octanol–water partition coefficient (Wildman–Crippen LogP) is 4.32. The fourth-order valence-electron chi connectivity index (χ4n) is 1.57. The van der Waals surface area contributed by atoms with Gasteiger partial charge in [0.25, 0.3) is 0 Å². The van der Waals surface area contributed by atoms with Crippen LogP contribution in [0.3, 0.4) is 0 Å². The van der Waals surface area contributed by atoms with E-state index in [0.29, 0.717) is 0 Å². The number of hydrogen-bond donors (Lipinski definition) is 1. The van der Waals surface area contributed by atoms with E-state index < -0.39 is 0 Å². The number of hydrogen-bond acceptors (Lipinski definition) is 2. The lowest BCUT2D eigenvalue weighted by atomic mass is 10.1. The van der Waals surface area contributed by atoms with Gasteiger partial charge in [0.2, 0.25) is 0 Å². The summed E-state index contributed by atoms with van der Waals surface area (Å²) in [5.74, 6) is 0. The molecular formula is C13H14S2. The van der Waals surface area contributed by atoms with Gasteiger partial charge in [-0.15, -0.1) is 11.3 Å². The molecule has 0 radical (unpaired) electrons. The van der Waals surface area contributed by atoms with Crippen LogP contribution < -0.4 is 0 Å². The van der Waals surface area contributed by atoms with E-state index in [2.05, 4.69) is 48.9 Å². The molecule has 78 valence electrons. The van der Waals surface area contributed by atoms with Crippen LogP contribution in [0.5, 0.6) is 0 Å². The lowest BCUT2D eigenvalue weighted by Gasteiger charge is -2.08. The minimum Gasteiger partial charge on any atom is -0.171 e. The summed E-state index contributed by atoms with van der Waals surface area (Å²) < 4.78 is 1.36. The largest absolute Gasteiger partial charge is 0.171 e. The molecule has 15 heavy (non-hydrogen) atoms. The third kappa shape index (κ3) is 2.27. The maximum Gasteiger partial charge on any atom is 0.0345 e. The number of thiophene rings is 1. The summed E-state index contributed by atoms with van der Waals surface area (Å²) in [5, 5.41) is 3.86. The van der Waals surface area contributed by atoms with Gasteiger partial charge >= 0.3 is 0 Å². The molecule has 0 aliphatic heterocycles. The van der Waals surface area contributed by atoms with Crippen LogP contribution in [0.4, 0.5) is 0 Å². The molecule has 1 heterocycles. The van der Waals surface area contributed by atoms with E-state index in [9.17, 15) is 0 Å². The van der Waals surface area contributed by atoms with E-state index in [4.69, 9.17) is 0 Å². The number of fused-ring (bicyclic) bond motifs is 1. The van der Waals surface area contributed by atoms with Crippen molar-refractivity contribution in [1.82, 2.24) is 0 Å². The Labute approximate surface area is 100 Å². The average molecular weight is 234 g/mol. The van der Waals surface area contributed by atoms with Crippen molar-refractivity contribution in [3.63, 3.8) is 0 Å². The Balaban J connectivity index is 2.32. The van der Waals surface area contributed by atoms with Gasteiger partial charge in [-0.25, -0.2) is 0 Å². The van der Waals surface area contributed by atoms with Gasteiger partial charge in [-0.3, -0.25) is 0 Å². The Morgan fingerprint density at radius 2 is 2.20 bits per heavy atom. The molecule has 0 bridgehead atoms. The van der Waals surface area contributed by atoms with E-state index in [1.165, 1.54) is 15.6 Å². The molecule has 2 heteroatoms. The molecule has 0 aliphatic carbocycles. The average Bonchev–Trinajstić information content (AvgIpc) is 2.62. The second-order valence-corrected chi connectivity index (χ2v) is 5.36. The van der Waals surface area contributed by atoms with Crippen LogP contribution in [0.25, 0.3) is 10.1 Å². The summed E-state index contributed by atoms with van der Waals surface area (Å²) in [6.07, 6.45) is 0.975. The Bertz CT molecular complexity index is 482. The normalized spacial score (nSPS) is 12.9. The summed E-state index contributed by atoms with van der Waals surface area (Å²) in [7, 11) is 0. The topological polar surface area (TPSA) is 0 Å². The van der Waals surface area contributed by atoms with Crippen molar-refractivity contribution in [3.05, 3.63) is 47.4 Å². The molecule has 0 saturated carbocycles. The Morgan fingerprint density at radius 1 is 1.47 bits per heavy atom. The van der Waals surface area contributed by atoms with Crippen LogP contribution in [0, 0.1) is 0 Å². The Hall–Kier alpha value is -0.730. The van der Waals surface area contributed by atoms with E-state index in [1.807, 2.05) is 6.92 Å². The zero-order valence-electron chi connectivity index (χ0n) is 8.73. The molecule has 1 aromatic heterocycles. The third-order valence-corrected chi connectivity index (χ3v) is 4.18. The minimum absolute atomic E-state index is 0.267. The molecule has 0 spiro atoms. The van der Waals surface area contributed by atoms with Gasteiger partial charge in [0.15, 0.2) is 0 Å². The van der Waals surface area contributed by atoms with Crippen LogP contribution in [-0.2, 0) is 6.42 Å². The van der Waals surface area contributed by atoms with Crippen molar-refractivity contribution in [2.45, 2.75) is 18.6 Å². The summed E-state index contributed by atoms with van der Waals surface area (Å²) in [4.78, 5) is 0. The second-order valence-electron chi connectivity index (χ2n) is 3.82. The molecule has 1 aromatic carbocycles. The standard InChI is InChI=1S/C13H14S2/c1-9(2)12(14)7-10-8-15-13-6-4-3-5-11(10)13/h3-6,8,12,14H,1,7H2,2H3. The third-order valence-electron chi connectivity index (χ3n) is 2.54. The van der Waals surface area contributed by atoms with Gasteiger partial charge in [-0.2, -0.15) is 12.6 Å². The summed E-state index contributed by atoms with van der Waals surface area (Å²) in [6, 6.07) is 8.52. The number of benzene rings is 1.